The minimum Gasteiger partial charge on any atom is -0.469 e. The maximum atomic E-state index is 5.69. The number of H-pyrrole nitrogens is 1. The Morgan fingerprint density at radius 1 is 1.16 bits per heavy atom. The number of benzene rings is 2. The number of imidazole rings is 1. The molecule has 4 nitrogen and oxygen atoms in total. The number of anilines is 1. The Labute approximate surface area is 110 Å². The monoisotopic (exact) mass is 251 g/mol. The van der Waals surface area contributed by atoms with Gasteiger partial charge in [-0.15, -0.1) is 0 Å². The van der Waals surface area contributed by atoms with Gasteiger partial charge in [0.1, 0.15) is 11.6 Å². The van der Waals surface area contributed by atoms with Crippen LogP contribution in [0.15, 0.2) is 42.5 Å². The molecule has 4 heteroatoms. The number of aromatic amines is 1. The predicted octanol–water partition coefficient (Wildman–Crippen LogP) is 3.38. The van der Waals surface area contributed by atoms with Gasteiger partial charge in [-0.05, 0) is 37.3 Å². The second-order valence-electron chi connectivity index (χ2n) is 4.72. The summed E-state index contributed by atoms with van der Waals surface area (Å²) in [6.07, 6.45) is 0.0286. The van der Waals surface area contributed by atoms with Gasteiger partial charge in [-0.25, -0.2) is 4.98 Å². The Balaban J connectivity index is 1.82. The van der Waals surface area contributed by atoms with Crippen molar-refractivity contribution in [3.63, 3.8) is 0 Å². The zero-order valence-corrected chi connectivity index (χ0v) is 10.5. The molecule has 0 bridgehead atoms. The molecule has 0 spiro atoms. The summed E-state index contributed by atoms with van der Waals surface area (Å²) < 4.78 is 5.69. The summed E-state index contributed by atoms with van der Waals surface area (Å²) in [6.45, 7) is 1.99. The van der Waals surface area contributed by atoms with E-state index in [2.05, 4.69) is 15.3 Å². The Kier molecular flexibility index (Phi) is 2.06. The normalized spacial score (nSPS) is 17.0. The molecule has 19 heavy (non-hydrogen) atoms. The quantitative estimate of drug-likeness (QED) is 0.697. The fourth-order valence-corrected chi connectivity index (χ4v) is 2.41. The maximum absolute atomic E-state index is 5.69. The van der Waals surface area contributed by atoms with Gasteiger partial charge in [-0.1, -0.05) is 12.1 Å². The van der Waals surface area contributed by atoms with Crippen molar-refractivity contribution in [2.24, 2.45) is 0 Å². The Morgan fingerprint density at radius 2 is 2.05 bits per heavy atom. The van der Waals surface area contributed by atoms with Crippen LogP contribution in [0.1, 0.15) is 6.92 Å². The van der Waals surface area contributed by atoms with Crippen LogP contribution in [-0.4, -0.2) is 16.2 Å². The van der Waals surface area contributed by atoms with Crippen molar-refractivity contribution in [1.82, 2.24) is 9.97 Å². The molecule has 1 aliphatic heterocycles. The van der Waals surface area contributed by atoms with Crippen LogP contribution in [0.2, 0.25) is 0 Å². The molecule has 2 N–H and O–H groups in total. The molecule has 0 saturated carbocycles. The van der Waals surface area contributed by atoms with Crippen LogP contribution in [0, 0.1) is 0 Å². The summed E-state index contributed by atoms with van der Waals surface area (Å²) in [5, 5.41) is 3.25. The highest BCUT2D eigenvalue weighted by molar-refractivity contribution is 5.80. The van der Waals surface area contributed by atoms with Crippen LogP contribution >= 0.6 is 0 Å². The van der Waals surface area contributed by atoms with E-state index in [1.807, 2.05) is 49.4 Å². The van der Waals surface area contributed by atoms with E-state index in [0.717, 1.165) is 33.9 Å². The average Bonchev–Trinajstić information content (AvgIpc) is 2.99. The second-order valence-corrected chi connectivity index (χ2v) is 4.72. The highest BCUT2D eigenvalue weighted by Gasteiger charge is 2.18. The van der Waals surface area contributed by atoms with Crippen LogP contribution in [-0.2, 0) is 0 Å². The Hall–Kier alpha value is -2.49. The molecule has 0 amide bonds. The van der Waals surface area contributed by atoms with Gasteiger partial charge in [0.25, 0.3) is 0 Å². The number of fused-ring (bicyclic) bond motifs is 2. The van der Waals surface area contributed by atoms with Gasteiger partial charge in [0.2, 0.25) is 0 Å². The lowest BCUT2D eigenvalue weighted by Gasteiger charge is -2.02. The minimum absolute atomic E-state index is 0.0286. The van der Waals surface area contributed by atoms with E-state index in [1.54, 1.807) is 0 Å². The van der Waals surface area contributed by atoms with Gasteiger partial charge in [0, 0.05) is 5.56 Å². The zero-order chi connectivity index (χ0) is 12.8. The molecule has 1 atom stereocenters. The summed E-state index contributed by atoms with van der Waals surface area (Å²) in [5.74, 6) is 1.75. The van der Waals surface area contributed by atoms with Gasteiger partial charge in [0.15, 0.2) is 6.23 Å². The van der Waals surface area contributed by atoms with Crippen molar-refractivity contribution in [2.75, 3.05) is 5.32 Å². The van der Waals surface area contributed by atoms with Crippen molar-refractivity contribution in [3.05, 3.63) is 42.5 Å². The smallest absolute Gasteiger partial charge is 0.167 e. The third kappa shape index (κ3) is 1.64. The standard InChI is InChI=1S/C15H13N3O/c1-9-16-13-7-6-10(8-14(13)19-9)15-17-11-4-2-3-5-12(11)18-15/h2-9,16H,1H3,(H,17,18). The number of ether oxygens (including phenoxy) is 1. The summed E-state index contributed by atoms with van der Waals surface area (Å²) >= 11 is 0. The molecule has 94 valence electrons. The van der Waals surface area contributed by atoms with Gasteiger partial charge in [-0.2, -0.15) is 0 Å². The molecular formula is C15H13N3O. The van der Waals surface area contributed by atoms with Gasteiger partial charge in [-0.3, -0.25) is 0 Å². The SMILES string of the molecule is CC1Nc2ccc(-c3nc4ccccc4[nH]3)cc2O1. The fourth-order valence-electron chi connectivity index (χ4n) is 2.41. The van der Waals surface area contributed by atoms with Crippen LogP contribution in [0.3, 0.4) is 0 Å². The first-order valence-electron chi connectivity index (χ1n) is 6.32. The molecule has 0 fully saturated rings. The van der Waals surface area contributed by atoms with Crippen molar-refractivity contribution < 1.29 is 4.74 Å². The number of aromatic nitrogens is 2. The molecule has 2 aromatic carbocycles. The van der Waals surface area contributed by atoms with E-state index in [1.165, 1.54) is 0 Å². The third-order valence-electron chi connectivity index (χ3n) is 3.31. The molecule has 0 saturated heterocycles. The van der Waals surface area contributed by atoms with Crippen LogP contribution in [0.5, 0.6) is 5.75 Å². The number of nitrogens with one attached hydrogen (secondary N) is 2. The third-order valence-corrected chi connectivity index (χ3v) is 3.31. The van der Waals surface area contributed by atoms with Crippen LogP contribution in [0.4, 0.5) is 5.69 Å². The number of para-hydroxylation sites is 2. The Morgan fingerprint density at radius 3 is 2.95 bits per heavy atom. The predicted molar refractivity (Wildman–Crippen MR) is 75.2 cm³/mol. The fraction of sp³-hybridized carbons (Fsp3) is 0.133. The highest BCUT2D eigenvalue weighted by Crippen LogP contribution is 2.35. The summed E-state index contributed by atoms with van der Waals surface area (Å²) in [7, 11) is 0. The topological polar surface area (TPSA) is 49.9 Å². The number of rotatable bonds is 1. The first-order chi connectivity index (χ1) is 9.29. The van der Waals surface area contributed by atoms with Crippen molar-refractivity contribution in [3.8, 4) is 17.1 Å². The van der Waals surface area contributed by atoms with Crippen molar-refractivity contribution >= 4 is 16.7 Å². The van der Waals surface area contributed by atoms with Crippen LogP contribution < -0.4 is 10.1 Å². The summed E-state index contributed by atoms with van der Waals surface area (Å²) in [6, 6.07) is 14.1. The summed E-state index contributed by atoms with van der Waals surface area (Å²) in [4.78, 5) is 7.92. The van der Waals surface area contributed by atoms with E-state index in [-0.39, 0.29) is 6.23 Å². The molecule has 0 aliphatic carbocycles. The van der Waals surface area contributed by atoms with Gasteiger partial charge in [0.05, 0.1) is 16.7 Å². The lowest BCUT2D eigenvalue weighted by atomic mass is 10.2. The van der Waals surface area contributed by atoms with Crippen LogP contribution in [0.25, 0.3) is 22.4 Å². The van der Waals surface area contributed by atoms with Crippen molar-refractivity contribution in [1.29, 1.82) is 0 Å². The van der Waals surface area contributed by atoms with Crippen molar-refractivity contribution in [2.45, 2.75) is 13.2 Å². The van der Waals surface area contributed by atoms with E-state index in [9.17, 15) is 0 Å². The first-order valence-corrected chi connectivity index (χ1v) is 6.32. The van der Waals surface area contributed by atoms with Gasteiger partial charge < -0.3 is 15.0 Å². The molecule has 1 aliphatic rings. The largest absolute Gasteiger partial charge is 0.469 e. The molecule has 3 aromatic rings. The van der Waals surface area contributed by atoms with E-state index >= 15 is 0 Å². The molecule has 1 unspecified atom stereocenters. The zero-order valence-electron chi connectivity index (χ0n) is 10.5. The molecule has 0 radical (unpaired) electrons. The van der Waals surface area contributed by atoms with Gasteiger partial charge >= 0.3 is 0 Å². The van der Waals surface area contributed by atoms with E-state index in [0.29, 0.717) is 0 Å². The number of nitrogens with zero attached hydrogens (tertiary/aromatic N) is 1. The lowest BCUT2D eigenvalue weighted by molar-refractivity contribution is 0.275. The lowest BCUT2D eigenvalue weighted by Crippen LogP contribution is -2.13. The highest BCUT2D eigenvalue weighted by atomic mass is 16.5. The second kappa shape index (κ2) is 3.75. The van der Waals surface area contributed by atoms with E-state index in [4.69, 9.17) is 4.74 Å². The molecule has 2 heterocycles. The summed E-state index contributed by atoms with van der Waals surface area (Å²) in [5.41, 5.74) is 4.09. The number of hydrogen-bond donors (Lipinski definition) is 2. The Bertz CT molecular complexity index is 730. The molecular weight excluding hydrogens is 238 g/mol. The van der Waals surface area contributed by atoms with E-state index < -0.39 is 0 Å². The maximum Gasteiger partial charge on any atom is 0.167 e. The molecule has 4 rings (SSSR count). The first kappa shape index (κ1) is 10.4. The molecule has 1 aromatic heterocycles. The minimum atomic E-state index is 0.0286. The number of hydrogen-bond acceptors (Lipinski definition) is 3. The average molecular weight is 251 g/mol.